The fourth-order valence-corrected chi connectivity index (χ4v) is 3.27. The van der Waals surface area contributed by atoms with Gasteiger partial charge in [-0.3, -0.25) is 9.59 Å². The summed E-state index contributed by atoms with van der Waals surface area (Å²) in [6.45, 7) is -0.430. The van der Waals surface area contributed by atoms with Gasteiger partial charge >= 0.3 is 0 Å². The molecule has 2 aromatic rings. The monoisotopic (exact) mass is 429 g/mol. The Morgan fingerprint density at radius 2 is 1.70 bits per heavy atom. The number of carbonyl (C=O) groups is 2. The molecule has 27 heavy (non-hydrogen) atoms. The minimum Gasteiger partial charge on any atom is -0.366 e. The zero-order valence-electron chi connectivity index (χ0n) is 14.3. The fourth-order valence-electron chi connectivity index (χ4n) is 2.21. The van der Waals surface area contributed by atoms with Crippen LogP contribution in [0.3, 0.4) is 0 Å². The Morgan fingerprint density at radius 1 is 1.07 bits per heavy atom. The molecule has 2 aromatic carbocycles. The van der Waals surface area contributed by atoms with Gasteiger partial charge in [-0.05, 0) is 42.0 Å². The molecule has 0 unspecified atom stereocenters. The second-order valence-corrected chi connectivity index (χ2v) is 8.57. The van der Waals surface area contributed by atoms with E-state index in [9.17, 15) is 18.0 Å². The first-order valence-electron chi connectivity index (χ1n) is 7.65. The fraction of sp³-hybridized carbons (Fsp3) is 0.176. The summed E-state index contributed by atoms with van der Waals surface area (Å²) < 4.78 is 25.1. The first kappa shape index (κ1) is 21.2. The Kier molecular flexibility index (Phi) is 6.83. The predicted octanol–water partition coefficient (Wildman–Crippen LogP) is 2.49. The lowest BCUT2D eigenvalue weighted by molar-refractivity contribution is -0.116. The molecule has 0 saturated heterocycles. The summed E-state index contributed by atoms with van der Waals surface area (Å²) >= 11 is 11.8. The van der Waals surface area contributed by atoms with E-state index >= 15 is 0 Å². The summed E-state index contributed by atoms with van der Waals surface area (Å²) in [5, 5.41) is 3.22. The van der Waals surface area contributed by atoms with Gasteiger partial charge in [0.25, 0.3) is 0 Å². The van der Waals surface area contributed by atoms with Crippen molar-refractivity contribution in [3.8, 4) is 0 Å². The van der Waals surface area contributed by atoms with Crippen molar-refractivity contribution in [1.82, 2.24) is 4.31 Å². The largest absolute Gasteiger partial charge is 0.366 e. The molecule has 3 N–H and O–H groups in total. The first-order valence-corrected chi connectivity index (χ1v) is 10.3. The van der Waals surface area contributed by atoms with Crippen molar-refractivity contribution in [3.63, 3.8) is 0 Å². The van der Waals surface area contributed by atoms with Gasteiger partial charge in [0.15, 0.2) is 0 Å². The van der Waals surface area contributed by atoms with E-state index in [0.717, 1.165) is 10.6 Å². The van der Waals surface area contributed by atoms with Crippen molar-refractivity contribution in [2.24, 2.45) is 5.73 Å². The number of sulfonamides is 1. The van der Waals surface area contributed by atoms with Crippen molar-refractivity contribution >= 4 is 50.7 Å². The van der Waals surface area contributed by atoms with E-state index in [0.29, 0.717) is 26.9 Å². The average Bonchev–Trinajstić information content (AvgIpc) is 2.57. The maximum atomic E-state index is 12.2. The molecule has 0 aliphatic heterocycles. The van der Waals surface area contributed by atoms with Crippen molar-refractivity contribution in [2.45, 2.75) is 6.54 Å². The number of hydrogen-bond donors (Lipinski definition) is 2. The molecule has 144 valence electrons. The van der Waals surface area contributed by atoms with Crippen LogP contribution in [0.1, 0.15) is 15.9 Å². The molecule has 0 aliphatic carbocycles. The minimum absolute atomic E-state index is 0.0379. The highest BCUT2D eigenvalue weighted by Crippen LogP contribution is 2.23. The minimum atomic E-state index is -3.66. The van der Waals surface area contributed by atoms with E-state index < -0.39 is 28.4 Å². The number of benzene rings is 2. The highest BCUT2D eigenvalue weighted by molar-refractivity contribution is 7.88. The number of nitrogens with zero attached hydrogens (tertiary/aromatic N) is 1. The maximum absolute atomic E-state index is 12.2. The summed E-state index contributed by atoms with van der Waals surface area (Å²) in [5.41, 5.74) is 6.45. The molecular formula is C17H17Cl2N3O4S. The molecule has 7 nitrogen and oxygen atoms in total. The van der Waals surface area contributed by atoms with Crippen molar-refractivity contribution in [2.75, 3.05) is 18.1 Å². The maximum Gasteiger partial charge on any atom is 0.248 e. The standard InChI is InChI=1S/C17H17Cl2N3O4S/c1-27(25,26)22(9-11-2-7-14(18)15(19)8-11)10-16(23)21-13-5-3-12(4-6-13)17(20)24/h2-8H,9-10H2,1H3,(H2,20,24)(H,21,23). The third kappa shape index (κ3) is 6.21. The highest BCUT2D eigenvalue weighted by Gasteiger charge is 2.21. The Bertz CT molecular complexity index is 963. The van der Waals surface area contributed by atoms with Crippen LogP contribution in [0.5, 0.6) is 0 Å². The van der Waals surface area contributed by atoms with E-state index in [1.54, 1.807) is 18.2 Å². The van der Waals surface area contributed by atoms with Gasteiger partial charge in [-0.15, -0.1) is 0 Å². The van der Waals surface area contributed by atoms with Crippen LogP contribution in [0.15, 0.2) is 42.5 Å². The third-order valence-corrected chi connectivity index (χ3v) is 5.52. The van der Waals surface area contributed by atoms with Crippen molar-refractivity contribution in [3.05, 3.63) is 63.6 Å². The highest BCUT2D eigenvalue weighted by atomic mass is 35.5. The lowest BCUT2D eigenvalue weighted by atomic mass is 10.2. The molecule has 0 radical (unpaired) electrons. The van der Waals surface area contributed by atoms with E-state index in [-0.39, 0.29) is 6.54 Å². The van der Waals surface area contributed by atoms with Crippen LogP contribution in [0.2, 0.25) is 10.0 Å². The second kappa shape index (κ2) is 8.71. The number of rotatable bonds is 7. The SMILES string of the molecule is CS(=O)(=O)N(CC(=O)Nc1ccc(C(N)=O)cc1)Cc1ccc(Cl)c(Cl)c1. The zero-order chi connectivity index (χ0) is 20.2. The Balaban J connectivity index is 2.09. The quantitative estimate of drug-likeness (QED) is 0.703. The summed E-state index contributed by atoms with van der Waals surface area (Å²) in [4.78, 5) is 23.3. The number of carbonyl (C=O) groups excluding carboxylic acids is 2. The summed E-state index contributed by atoms with van der Waals surface area (Å²) in [7, 11) is -3.66. The number of anilines is 1. The third-order valence-electron chi connectivity index (χ3n) is 3.59. The van der Waals surface area contributed by atoms with E-state index in [1.807, 2.05) is 0 Å². The number of hydrogen-bond acceptors (Lipinski definition) is 4. The molecule has 0 spiro atoms. The molecule has 2 amide bonds. The normalized spacial score (nSPS) is 11.4. The summed E-state index contributed by atoms with van der Waals surface area (Å²) in [6.07, 6.45) is 1.01. The van der Waals surface area contributed by atoms with Gasteiger partial charge in [-0.2, -0.15) is 4.31 Å². The molecule has 0 aromatic heterocycles. The van der Waals surface area contributed by atoms with Gasteiger partial charge in [-0.1, -0.05) is 29.3 Å². The summed E-state index contributed by atoms with van der Waals surface area (Å²) in [5.74, 6) is -1.12. The number of halogens is 2. The molecule has 0 saturated carbocycles. The molecular weight excluding hydrogens is 413 g/mol. The van der Waals surface area contributed by atoms with Crippen LogP contribution < -0.4 is 11.1 Å². The Labute approximate surface area is 167 Å². The molecule has 0 bridgehead atoms. The van der Waals surface area contributed by atoms with Crippen LogP contribution >= 0.6 is 23.2 Å². The smallest absolute Gasteiger partial charge is 0.248 e. The van der Waals surface area contributed by atoms with Crippen LogP contribution in [0, 0.1) is 0 Å². The number of nitrogens with two attached hydrogens (primary N) is 1. The molecule has 0 aliphatic rings. The van der Waals surface area contributed by atoms with Crippen LogP contribution in [0.4, 0.5) is 5.69 Å². The van der Waals surface area contributed by atoms with Gasteiger partial charge in [0, 0.05) is 17.8 Å². The van der Waals surface area contributed by atoms with E-state index in [1.165, 1.54) is 24.3 Å². The van der Waals surface area contributed by atoms with Gasteiger partial charge in [0.2, 0.25) is 21.8 Å². The van der Waals surface area contributed by atoms with Crippen LogP contribution in [0.25, 0.3) is 0 Å². The zero-order valence-corrected chi connectivity index (χ0v) is 16.6. The molecule has 0 heterocycles. The second-order valence-electron chi connectivity index (χ2n) is 5.77. The van der Waals surface area contributed by atoms with Crippen molar-refractivity contribution < 1.29 is 18.0 Å². The first-order chi connectivity index (χ1) is 12.6. The van der Waals surface area contributed by atoms with E-state index in [2.05, 4.69) is 5.32 Å². The number of nitrogens with one attached hydrogen (secondary N) is 1. The molecule has 10 heteroatoms. The predicted molar refractivity (Wildman–Crippen MR) is 105 cm³/mol. The lowest BCUT2D eigenvalue weighted by Crippen LogP contribution is -2.36. The van der Waals surface area contributed by atoms with Gasteiger partial charge in [0.05, 0.1) is 22.8 Å². The molecule has 0 atom stereocenters. The van der Waals surface area contributed by atoms with Gasteiger partial charge in [0.1, 0.15) is 0 Å². The lowest BCUT2D eigenvalue weighted by Gasteiger charge is -2.20. The number of amides is 2. The Hall–Kier alpha value is -2.13. The number of primary amides is 1. The van der Waals surface area contributed by atoms with E-state index in [4.69, 9.17) is 28.9 Å². The van der Waals surface area contributed by atoms with Crippen molar-refractivity contribution in [1.29, 1.82) is 0 Å². The average molecular weight is 430 g/mol. The molecule has 2 rings (SSSR count). The van der Waals surface area contributed by atoms with Crippen LogP contribution in [-0.4, -0.2) is 37.3 Å². The Morgan fingerprint density at radius 3 is 2.22 bits per heavy atom. The van der Waals surface area contributed by atoms with Gasteiger partial charge < -0.3 is 11.1 Å². The van der Waals surface area contributed by atoms with Crippen LogP contribution in [-0.2, 0) is 21.4 Å². The molecule has 0 fully saturated rings. The van der Waals surface area contributed by atoms with Gasteiger partial charge in [-0.25, -0.2) is 8.42 Å². The topological polar surface area (TPSA) is 110 Å². The summed E-state index contributed by atoms with van der Waals surface area (Å²) in [6, 6.07) is 10.7.